The van der Waals surface area contributed by atoms with Crippen LogP contribution < -0.4 is 5.32 Å². The summed E-state index contributed by atoms with van der Waals surface area (Å²) >= 11 is 0. The number of benzene rings is 1. The number of rotatable bonds is 3. The molecule has 1 aliphatic heterocycles. The van der Waals surface area contributed by atoms with Crippen LogP contribution in [0, 0.1) is 12.7 Å². The third-order valence-electron chi connectivity index (χ3n) is 3.50. The molecule has 1 atom stereocenters. The summed E-state index contributed by atoms with van der Waals surface area (Å²) in [5.41, 5.74) is 0.966. The van der Waals surface area contributed by atoms with E-state index in [9.17, 15) is 4.39 Å². The van der Waals surface area contributed by atoms with Gasteiger partial charge in [0.05, 0.1) is 6.54 Å². The second-order valence-electron chi connectivity index (χ2n) is 4.98. The van der Waals surface area contributed by atoms with E-state index in [4.69, 9.17) is 4.52 Å². The lowest BCUT2D eigenvalue weighted by Gasteiger charge is -2.35. The number of aryl methyl sites for hydroxylation is 1. The Morgan fingerprint density at radius 1 is 1.48 bits per heavy atom. The highest BCUT2D eigenvalue weighted by atomic mass is 35.5. The summed E-state index contributed by atoms with van der Waals surface area (Å²) in [5, 5.41) is 7.15. The first-order valence-corrected chi connectivity index (χ1v) is 6.72. The van der Waals surface area contributed by atoms with E-state index in [0.29, 0.717) is 18.3 Å². The van der Waals surface area contributed by atoms with E-state index in [-0.39, 0.29) is 24.3 Å². The van der Waals surface area contributed by atoms with Gasteiger partial charge in [0.25, 0.3) is 0 Å². The van der Waals surface area contributed by atoms with E-state index < -0.39 is 0 Å². The lowest BCUT2D eigenvalue weighted by molar-refractivity contribution is 0.135. The average molecular weight is 313 g/mol. The van der Waals surface area contributed by atoms with Crippen LogP contribution in [-0.4, -0.2) is 34.7 Å². The Kier molecular flexibility index (Phi) is 5.27. The third kappa shape index (κ3) is 3.78. The minimum atomic E-state index is -0.207. The molecule has 5 nitrogen and oxygen atoms in total. The SMILES string of the molecule is Cc1noc(CN2CCNCC2c2cccc(F)c2)n1.Cl. The van der Waals surface area contributed by atoms with Gasteiger partial charge in [0, 0.05) is 25.7 Å². The van der Waals surface area contributed by atoms with Crippen molar-refractivity contribution in [1.29, 1.82) is 0 Å². The Morgan fingerprint density at radius 2 is 2.33 bits per heavy atom. The maximum atomic E-state index is 13.4. The van der Waals surface area contributed by atoms with Crippen molar-refractivity contribution in [3.8, 4) is 0 Å². The van der Waals surface area contributed by atoms with Crippen LogP contribution in [-0.2, 0) is 6.54 Å². The standard InChI is InChI=1S/C14H17FN4O.ClH/c1-10-17-14(20-18-10)9-19-6-5-16-8-13(19)11-3-2-4-12(15)7-11;/h2-4,7,13,16H,5-6,8-9H2,1H3;1H. The molecule has 1 fully saturated rings. The number of halogens is 2. The lowest BCUT2D eigenvalue weighted by Crippen LogP contribution is -2.45. The number of piperazine rings is 1. The first kappa shape index (κ1) is 15.9. The summed E-state index contributed by atoms with van der Waals surface area (Å²) in [4.78, 5) is 6.47. The van der Waals surface area contributed by atoms with Gasteiger partial charge < -0.3 is 9.84 Å². The van der Waals surface area contributed by atoms with E-state index in [1.54, 1.807) is 19.1 Å². The third-order valence-corrected chi connectivity index (χ3v) is 3.50. The van der Waals surface area contributed by atoms with Crippen molar-refractivity contribution in [2.45, 2.75) is 19.5 Å². The summed E-state index contributed by atoms with van der Waals surface area (Å²) < 4.78 is 18.6. The molecule has 1 aromatic heterocycles. The second-order valence-corrected chi connectivity index (χ2v) is 4.98. The van der Waals surface area contributed by atoms with Crippen molar-refractivity contribution in [2.24, 2.45) is 0 Å². The number of aromatic nitrogens is 2. The zero-order chi connectivity index (χ0) is 13.9. The highest BCUT2D eigenvalue weighted by Crippen LogP contribution is 2.24. The van der Waals surface area contributed by atoms with Crippen molar-refractivity contribution in [1.82, 2.24) is 20.4 Å². The molecule has 0 aliphatic carbocycles. The fourth-order valence-electron chi connectivity index (χ4n) is 2.56. The largest absolute Gasteiger partial charge is 0.338 e. The van der Waals surface area contributed by atoms with E-state index in [2.05, 4.69) is 20.4 Å². The summed E-state index contributed by atoms with van der Waals surface area (Å²) in [7, 11) is 0. The maximum Gasteiger partial charge on any atom is 0.240 e. The number of hydrogen-bond donors (Lipinski definition) is 1. The van der Waals surface area contributed by atoms with Gasteiger partial charge in [0.15, 0.2) is 5.82 Å². The molecule has 1 aromatic carbocycles. The zero-order valence-corrected chi connectivity index (χ0v) is 12.6. The van der Waals surface area contributed by atoms with E-state index in [0.717, 1.165) is 25.2 Å². The quantitative estimate of drug-likeness (QED) is 0.940. The molecule has 0 radical (unpaired) electrons. The summed E-state index contributed by atoms with van der Waals surface area (Å²) in [6.45, 7) is 4.94. The Labute approximate surface area is 128 Å². The van der Waals surface area contributed by atoms with Crippen LogP contribution in [0.5, 0.6) is 0 Å². The summed E-state index contributed by atoms with van der Waals surface area (Å²) in [6.07, 6.45) is 0. The second kappa shape index (κ2) is 6.98. The topological polar surface area (TPSA) is 54.2 Å². The molecule has 0 saturated carbocycles. The van der Waals surface area contributed by atoms with Crippen LogP contribution in [0.2, 0.25) is 0 Å². The molecule has 0 amide bonds. The molecule has 21 heavy (non-hydrogen) atoms. The number of hydrogen-bond acceptors (Lipinski definition) is 5. The molecule has 1 saturated heterocycles. The first-order valence-electron chi connectivity index (χ1n) is 6.72. The van der Waals surface area contributed by atoms with Crippen LogP contribution >= 0.6 is 12.4 Å². The highest BCUT2D eigenvalue weighted by Gasteiger charge is 2.25. The summed E-state index contributed by atoms with van der Waals surface area (Å²) in [5.74, 6) is 1.03. The Hall–Kier alpha value is -1.50. The predicted octanol–water partition coefficient (Wildman–Crippen LogP) is 2.09. The minimum absolute atomic E-state index is 0. The Bertz CT molecular complexity index is 592. The van der Waals surface area contributed by atoms with Gasteiger partial charge in [-0.05, 0) is 24.6 Å². The van der Waals surface area contributed by atoms with Crippen molar-refractivity contribution in [3.05, 3.63) is 47.4 Å². The van der Waals surface area contributed by atoms with E-state index in [1.165, 1.54) is 6.07 Å². The van der Waals surface area contributed by atoms with Gasteiger partial charge in [-0.3, -0.25) is 4.90 Å². The van der Waals surface area contributed by atoms with E-state index in [1.807, 2.05) is 6.07 Å². The van der Waals surface area contributed by atoms with Crippen molar-refractivity contribution < 1.29 is 8.91 Å². The Balaban J connectivity index is 0.00000161. The van der Waals surface area contributed by atoms with Gasteiger partial charge >= 0.3 is 0 Å². The van der Waals surface area contributed by atoms with Crippen molar-refractivity contribution in [3.63, 3.8) is 0 Å². The fraction of sp³-hybridized carbons (Fsp3) is 0.429. The van der Waals surface area contributed by atoms with Gasteiger partial charge in [0.2, 0.25) is 5.89 Å². The number of nitrogens with zero attached hydrogens (tertiary/aromatic N) is 3. The monoisotopic (exact) mass is 312 g/mol. The predicted molar refractivity (Wildman–Crippen MR) is 78.7 cm³/mol. The van der Waals surface area contributed by atoms with Crippen LogP contribution in [0.25, 0.3) is 0 Å². The molecule has 7 heteroatoms. The lowest BCUT2D eigenvalue weighted by atomic mass is 10.0. The van der Waals surface area contributed by atoms with Crippen molar-refractivity contribution >= 4 is 12.4 Å². The molecule has 0 spiro atoms. The van der Waals surface area contributed by atoms with Gasteiger partial charge in [-0.1, -0.05) is 17.3 Å². The highest BCUT2D eigenvalue weighted by molar-refractivity contribution is 5.85. The molecular weight excluding hydrogens is 295 g/mol. The average Bonchev–Trinajstić information content (AvgIpc) is 2.85. The van der Waals surface area contributed by atoms with Gasteiger partial charge in [-0.25, -0.2) is 4.39 Å². The summed E-state index contributed by atoms with van der Waals surface area (Å²) in [6, 6.07) is 6.86. The molecule has 3 rings (SSSR count). The maximum absolute atomic E-state index is 13.4. The smallest absolute Gasteiger partial charge is 0.240 e. The molecule has 1 unspecified atom stereocenters. The van der Waals surface area contributed by atoms with Crippen LogP contribution in [0.15, 0.2) is 28.8 Å². The molecule has 114 valence electrons. The van der Waals surface area contributed by atoms with Gasteiger partial charge in [-0.15, -0.1) is 12.4 Å². The van der Waals surface area contributed by atoms with Crippen molar-refractivity contribution in [2.75, 3.05) is 19.6 Å². The zero-order valence-electron chi connectivity index (χ0n) is 11.8. The molecule has 2 aromatic rings. The normalized spacial score (nSPS) is 19.2. The van der Waals surface area contributed by atoms with Crippen LogP contribution in [0.1, 0.15) is 23.3 Å². The van der Waals surface area contributed by atoms with Crippen LogP contribution in [0.4, 0.5) is 4.39 Å². The Morgan fingerprint density at radius 3 is 3.05 bits per heavy atom. The van der Waals surface area contributed by atoms with Gasteiger partial charge in [-0.2, -0.15) is 4.98 Å². The first-order chi connectivity index (χ1) is 9.72. The minimum Gasteiger partial charge on any atom is -0.338 e. The molecule has 1 aliphatic rings. The molecule has 0 bridgehead atoms. The molecular formula is C14H18ClFN4O. The van der Waals surface area contributed by atoms with Crippen LogP contribution in [0.3, 0.4) is 0 Å². The fourth-order valence-corrected chi connectivity index (χ4v) is 2.56. The molecule has 2 heterocycles. The van der Waals surface area contributed by atoms with Gasteiger partial charge in [0.1, 0.15) is 5.82 Å². The van der Waals surface area contributed by atoms with E-state index >= 15 is 0 Å². The molecule has 1 N–H and O–H groups in total. The number of nitrogens with one attached hydrogen (secondary N) is 1.